The molecule has 6 nitrogen and oxygen atoms in total. The minimum atomic E-state index is -0.295. The number of rotatable bonds is 4. The van der Waals surface area contributed by atoms with Gasteiger partial charge in [0.1, 0.15) is 5.15 Å². The van der Waals surface area contributed by atoms with Crippen molar-refractivity contribution >= 4 is 35.0 Å². The molecule has 7 heteroatoms. The summed E-state index contributed by atoms with van der Waals surface area (Å²) in [6.07, 6.45) is 1.96. The monoisotopic (exact) mass is 343 g/mol. The fourth-order valence-electron chi connectivity index (χ4n) is 2.39. The van der Waals surface area contributed by atoms with Crippen molar-refractivity contribution in [2.75, 3.05) is 5.32 Å². The number of halogens is 1. The number of carbonyl (C=O) groups is 3. The lowest BCUT2D eigenvalue weighted by atomic mass is 10.2. The number of imide groups is 1. The second kappa shape index (κ2) is 6.80. The highest BCUT2D eigenvalue weighted by molar-refractivity contribution is 6.29. The molecule has 0 spiro atoms. The normalized spacial score (nSPS) is 14.1. The molecule has 0 radical (unpaired) electrons. The number of aromatic nitrogens is 1. The van der Waals surface area contributed by atoms with Crippen LogP contribution in [0.2, 0.25) is 5.15 Å². The van der Waals surface area contributed by atoms with Crippen LogP contribution < -0.4 is 5.32 Å². The highest BCUT2D eigenvalue weighted by Crippen LogP contribution is 2.18. The Labute approximate surface area is 143 Å². The van der Waals surface area contributed by atoms with E-state index in [9.17, 15) is 14.4 Å². The van der Waals surface area contributed by atoms with Crippen molar-refractivity contribution in [3.8, 4) is 0 Å². The standard InChI is InChI=1S/C17H14ClN3O3/c18-14-6-3-12(9-19-14)17(24)20-13-4-1-11(2-5-13)10-21-15(22)7-8-16(21)23/h1-6,9H,7-8,10H2,(H,20,24). The largest absolute Gasteiger partial charge is 0.322 e. The molecule has 1 aromatic heterocycles. The quantitative estimate of drug-likeness (QED) is 0.683. The molecule has 1 aliphatic rings. The van der Waals surface area contributed by atoms with Crippen LogP contribution in [0.1, 0.15) is 28.8 Å². The number of nitrogens with one attached hydrogen (secondary N) is 1. The van der Waals surface area contributed by atoms with Gasteiger partial charge in [0.15, 0.2) is 0 Å². The number of benzene rings is 1. The Kier molecular flexibility index (Phi) is 4.57. The van der Waals surface area contributed by atoms with E-state index in [2.05, 4.69) is 10.3 Å². The lowest BCUT2D eigenvalue weighted by molar-refractivity contribution is -0.139. The van der Waals surface area contributed by atoms with E-state index < -0.39 is 0 Å². The van der Waals surface area contributed by atoms with Gasteiger partial charge in [-0.25, -0.2) is 4.98 Å². The van der Waals surface area contributed by atoms with Crippen molar-refractivity contribution in [3.05, 3.63) is 58.9 Å². The Hall–Kier alpha value is -2.73. The predicted octanol–water partition coefficient (Wildman–Crippen LogP) is 2.64. The van der Waals surface area contributed by atoms with Crippen LogP contribution in [0.15, 0.2) is 42.6 Å². The van der Waals surface area contributed by atoms with Crippen molar-refractivity contribution in [1.82, 2.24) is 9.88 Å². The number of nitrogens with zero attached hydrogens (tertiary/aromatic N) is 2. The summed E-state index contributed by atoms with van der Waals surface area (Å²) in [7, 11) is 0. The molecule has 0 unspecified atom stereocenters. The first kappa shape index (κ1) is 16.1. The SMILES string of the molecule is O=C(Nc1ccc(CN2C(=O)CCC2=O)cc1)c1ccc(Cl)nc1. The lowest BCUT2D eigenvalue weighted by Crippen LogP contribution is -2.28. The predicted molar refractivity (Wildman–Crippen MR) is 88.4 cm³/mol. The molecule has 24 heavy (non-hydrogen) atoms. The first-order chi connectivity index (χ1) is 11.5. The second-order valence-electron chi connectivity index (χ2n) is 5.39. The highest BCUT2D eigenvalue weighted by Gasteiger charge is 2.28. The van der Waals surface area contributed by atoms with Crippen molar-refractivity contribution in [1.29, 1.82) is 0 Å². The molecule has 2 aromatic rings. The smallest absolute Gasteiger partial charge is 0.257 e. The molecule has 0 atom stereocenters. The molecule has 0 bridgehead atoms. The van der Waals surface area contributed by atoms with Crippen molar-refractivity contribution in [2.45, 2.75) is 19.4 Å². The summed E-state index contributed by atoms with van der Waals surface area (Å²) in [5, 5.41) is 3.07. The lowest BCUT2D eigenvalue weighted by Gasteiger charge is -2.14. The van der Waals surface area contributed by atoms with Gasteiger partial charge in [-0.3, -0.25) is 19.3 Å². The van der Waals surface area contributed by atoms with Crippen molar-refractivity contribution in [3.63, 3.8) is 0 Å². The third kappa shape index (κ3) is 3.60. The summed E-state index contributed by atoms with van der Waals surface area (Å²) in [4.78, 5) is 40.4. The molecule has 0 saturated carbocycles. The van der Waals surface area contributed by atoms with E-state index in [-0.39, 0.29) is 37.1 Å². The summed E-state index contributed by atoms with van der Waals surface area (Å²) in [6, 6.07) is 10.1. The van der Waals surface area contributed by atoms with Gasteiger partial charge in [-0.1, -0.05) is 23.7 Å². The Balaban J connectivity index is 1.64. The van der Waals surface area contributed by atoms with Gasteiger partial charge in [0.25, 0.3) is 5.91 Å². The highest BCUT2D eigenvalue weighted by atomic mass is 35.5. The van der Waals surface area contributed by atoms with Crippen LogP contribution in [-0.4, -0.2) is 27.6 Å². The topological polar surface area (TPSA) is 79.4 Å². The third-order valence-corrected chi connectivity index (χ3v) is 3.92. The van der Waals surface area contributed by atoms with Gasteiger partial charge in [0.05, 0.1) is 12.1 Å². The van der Waals surface area contributed by atoms with E-state index in [1.54, 1.807) is 36.4 Å². The van der Waals surface area contributed by atoms with Crippen LogP contribution in [0.3, 0.4) is 0 Å². The Bertz CT molecular complexity index is 772. The zero-order valence-corrected chi connectivity index (χ0v) is 13.4. The number of likely N-dealkylation sites (tertiary alicyclic amines) is 1. The minimum absolute atomic E-state index is 0.146. The third-order valence-electron chi connectivity index (χ3n) is 3.70. The zero-order valence-electron chi connectivity index (χ0n) is 12.7. The van der Waals surface area contributed by atoms with E-state index in [0.717, 1.165) is 5.56 Å². The molecule has 2 heterocycles. The van der Waals surface area contributed by atoms with Crippen molar-refractivity contribution < 1.29 is 14.4 Å². The Morgan fingerprint density at radius 1 is 1.08 bits per heavy atom. The first-order valence-electron chi connectivity index (χ1n) is 7.38. The van der Waals surface area contributed by atoms with E-state index in [1.807, 2.05) is 0 Å². The van der Waals surface area contributed by atoms with Gasteiger partial charge in [-0.15, -0.1) is 0 Å². The number of carbonyl (C=O) groups excluding carboxylic acids is 3. The molecule has 1 N–H and O–H groups in total. The first-order valence-corrected chi connectivity index (χ1v) is 7.76. The summed E-state index contributed by atoms with van der Waals surface area (Å²) >= 11 is 5.69. The zero-order chi connectivity index (χ0) is 17.1. The fourth-order valence-corrected chi connectivity index (χ4v) is 2.50. The average molecular weight is 344 g/mol. The van der Waals surface area contributed by atoms with Crippen LogP contribution in [0, 0.1) is 0 Å². The van der Waals surface area contributed by atoms with Gasteiger partial charge in [0.2, 0.25) is 11.8 Å². The van der Waals surface area contributed by atoms with Crippen LogP contribution in [-0.2, 0) is 16.1 Å². The van der Waals surface area contributed by atoms with Crippen LogP contribution in [0.5, 0.6) is 0 Å². The molecule has 3 rings (SSSR count). The number of hydrogen-bond acceptors (Lipinski definition) is 4. The van der Waals surface area contributed by atoms with Gasteiger partial charge < -0.3 is 5.32 Å². The summed E-state index contributed by atoms with van der Waals surface area (Å²) in [6.45, 7) is 0.257. The summed E-state index contributed by atoms with van der Waals surface area (Å²) < 4.78 is 0. The van der Waals surface area contributed by atoms with Crippen molar-refractivity contribution in [2.24, 2.45) is 0 Å². The summed E-state index contributed by atoms with van der Waals surface area (Å²) in [5.41, 5.74) is 1.83. The molecule has 1 aromatic carbocycles. The molecular weight excluding hydrogens is 330 g/mol. The molecule has 0 aliphatic carbocycles. The van der Waals surface area contributed by atoms with Gasteiger partial charge in [0, 0.05) is 24.7 Å². The number of pyridine rings is 1. The second-order valence-corrected chi connectivity index (χ2v) is 5.78. The van der Waals surface area contributed by atoms with Crippen LogP contribution >= 0.6 is 11.6 Å². The average Bonchev–Trinajstić information content (AvgIpc) is 2.89. The molecular formula is C17H14ClN3O3. The summed E-state index contributed by atoms with van der Waals surface area (Å²) in [5.74, 6) is -0.586. The number of anilines is 1. The minimum Gasteiger partial charge on any atom is -0.322 e. The Morgan fingerprint density at radius 3 is 2.33 bits per heavy atom. The Morgan fingerprint density at radius 2 is 1.75 bits per heavy atom. The van der Waals surface area contributed by atoms with Gasteiger partial charge in [-0.2, -0.15) is 0 Å². The number of hydrogen-bond donors (Lipinski definition) is 1. The van der Waals surface area contributed by atoms with E-state index >= 15 is 0 Å². The van der Waals surface area contributed by atoms with Crippen LogP contribution in [0.25, 0.3) is 0 Å². The van der Waals surface area contributed by atoms with Gasteiger partial charge in [-0.05, 0) is 29.8 Å². The maximum atomic E-state index is 12.1. The molecule has 3 amide bonds. The maximum Gasteiger partial charge on any atom is 0.257 e. The van der Waals surface area contributed by atoms with Crippen LogP contribution in [0.4, 0.5) is 5.69 Å². The fraction of sp³-hybridized carbons (Fsp3) is 0.176. The van der Waals surface area contributed by atoms with Gasteiger partial charge >= 0.3 is 0 Å². The number of amides is 3. The molecule has 1 saturated heterocycles. The van der Waals surface area contributed by atoms with E-state index in [4.69, 9.17) is 11.6 Å². The van der Waals surface area contributed by atoms with E-state index in [0.29, 0.717) is 16.4 Å². The maximum absolute atomic E-state index is 12.1. The molecule has 122 valence electrons. The van der Waals surface area contributed by atoms with E-state index in [1.165, 1.54) is 11.1 Å². The molecule has 1 aliphatic heterocycles. The molecule has 1 fully saturated rings.